The number of hydrogen-bond donors (Lipinski definition) is 0. The highest BCUT2D eigenvalue weighted by Crippen LogP contribution is 2.42. The molecule has 80 valence electrons. The zero-order chi connectivity index (χ0) is 10.1. The predicted octanol–water partition coefficient (Wildman–Crippen LogP) is 2.38. The van der Waals surface area contributed by atoms with Crippen LogP contribution in [0.5, 0.6) is 0 Å². The second-order valence-corrected chi connectivity index (χ2v) is 4.48. The predicted molar refractivity (Wildman–Crippen MR) is 57.5 cm³/mol. The molecule has 0 amide bonds. The molecule has 15 heavy (non-hydrogen) atoms. The topological polar surface area (TPSA) is 21.8 Å². The first-order valence-corrected chi connectivity index (χ1v) is 5.70. The first-order valence-electron chi connectivity index (χ1n) is 5.70. The molecule has 0 N–H and O–H groups in total. The Morgan fingerprint density at radius 1 is 1.20 bits per heavy atom. The van der Waals surface area contributed by atoms with Gasteiger partial charge in [0, 0.05) is 5.92 Å². The van der Waals surface area contributed by atoms with Gasteiger partial charge in [0.1, 0.15) is 0 Å². The van der Waals surface area contributed by atoms with Crippen LogP contribution in [0.15, 0.2) is 30.3 Å². The van der Waals surface area contributed by atoms with Crippen molar-refractivity contribution >= 4 is 0 Å². The maximum atomic E-state index is 5.72. The number of fused-ring (bicyclic) bond motifs is 1. The van der Waals surface area contributed by atoms with Crippen LogP contribution in [-0.2, 0) is 16.1 Å². The molecule has 2 nitrogen and oxygen atoms in total. The van der Waals surface area contributed by atoms with Crippen molar-refractivity contribution < 1.29 is 9.47 Å². The van der Waals surface area contributed by atoms with E-state index in [1.54, 1.807) is 0 Å². The summed E-state index contributed by atoms with van der Waals surface area (Å²) >= 11 is 0. The molecule has 2 fully saturated rings. The highest BCUT2D eigenvalue weighted by Gasteiger charge is 2.49. The van der Waals surface area contributed by atoms with Crippen molar-refractivity contribution in [3.63, 3.8) is 0 Å². The summed E-state index contributed by atoms with van der Waals surface area (Å²) in [5.41, 5.74) is 1.25. The molecule has 0 bridgehead atoms. The Balaban J connectivity index is 1.43. The lowest BCUT2D eigenvalue weighted by atomic mass is 10.1. The molecule has 2 aliphatic rings. The van der Waals surface area contributed by atoms with Crippen LogP contribution < -0.4 is 0 Å². The normalized spacial score (nSPS) is 32.7. The zero-order valence-electron chi connectivity index (χ0n) is 8.76. The van der Waals surface area contributed by atoms with Gasteiger partial charge in [0.15, 0.2) is 0 Å². The monoisotopic (exact) mass is 204 g/mol. The molecule has 1 heterocycles. The maximum absolute atomic E-state index is 5.72. The lowest BCUT2D eigenvalue weighted by Crippen LogP contribution is -2.12. The van der Waals surface area contributed by atoms with Crippen molar-refractivity contribution in [1.82, 2.24) is 0 Å². The largest absolute Gasteiger partial charge is 0.376 e. The third-order valence-corrected chi connectivity index (χ3v) is 3.35. The van der Waals surface area contributed by atoms with Gasteiger partial charge in [-0.05, 0) is 18.4 Å². The van der Waals surface area contributed by atoms with Crippen molar-refractivity contribution in [3.05, 3.63) is 35.9 Å². The molecule has 1 saturated carbocycles. The summed E-state index contributed by atoms with van der Waals surface area (Å²) in [6.07, 6.45) is 3.63. The minimum Gasteiger partial charge on any atom is -0.376 e. The van der Waals surface area contributed by atoms with E-state index in [1.807, 2.05) is 18.2 Å². The maximum Gasteiger partial charge on any atom is 0.0891 e. The fourth-order valence-electron chi connectivity index (χ4n) is 2.43. The van der Waals surface area contributed by atoms with Crippen molar-refractivity contribution in [3.8, 4) is 0 Å². The van der Waals surface area contributed by atoms with Crippen LogP contribution in [0.2, 0.25) is 0 Å². The lowest BCUT2D eigenvalue weighted by Gasteiger charge is -2.10. The van der Waals surface area contributed by atoms with Gasteiger partial charge in [-0.3, -0.25) is 0 Å². The smallest absolute Gasteiger partial charge is 0.0891 e. The average molecular weight is 204 g/mol. The van der Waals surface area contributed by atoms with E-state index in [-0.39, 0.29) is 0 Å². The van der Waals surface area contributed by atoms with Gasteiger partial charge in [-0.1, -0.05) is 30.3 Å². The highest BCUT2D eigenvalue weighted by molar-refractivity contribution is 5.13. The average Bonchev–Trinajstić information content (AvgIpc) is 2.96. The van der Waals surface area contributed by atoms with Crippen LogP contribution in [0.25, 0.3) is 0 Å². The van der Waals surface area contributed by atoms with Gasteiger partial charge in [0.2, 0.25) is 0 Å². The van der Waals surface area contributed by atoms with Crippen molar-refractivity contribution in [2.24, 2.45) is 5.92 Å². The van der Waals surface area contributed by atoms with Crippen molar-refractivity contribution in [1.29, 1.82) is 0 Å². The molecule has 2 heteroatoms. The Labute approximate surface area is 90.2 Å². The Hall–Kier alpha value is -0.860. The minimum atomic E-state index is 0.528. The van der Waals surface area contributed by atoms with Gasteiger partial charge >= 0.3 is 0 Å². The SMILES string of the molecule is c1ccc(COCC2CCC3OC23)cc1. The first-order chi connectivity index (χ1) is 7.43. The molecule has 1 aromatic rings. The lowest BCUT2D eigenvalue weighted by molar-refractivity contribution is 0.0720. The molecule has 0 radical (unpaired) electrons. The van der Waals surface area contributed by atoms with Gasteiger partial charge in [0.05, 0.1) is 25.4 Å². The van der Waals surface area contributed by atoms with Crippen LogP contribution in [0.4, 0.5) is 0 Å². The fraction of sp³-hybridized carbons (Fsp3) is 0.538. The number of rotatable bonds is 4. The fourth-order valence-corrected chi connectivity index (χ4v) is 2.43. The summed E-state index contributed by atoms with van der Waals surface area (Å²) in [6, 6.07) is 10.3. The standard InChI is InChI=1S/C13H16O2/c1-2-4-10(5-3-1)8-14-9-11-6-7-12-13(11)15-12/h1-5,11-13H,6-9H2. The van der Waals surface area contributed by atoms with Crippen molar-refractivity contribution in [2.75, 3.05) is 6.61 Å². The molecule has 1 saturated heterocycles. The molecular formula is C13H16O2. The van der Waals surface area contributed by atoms with Gasteiger partial charge in [-0.25, -0.2) is 0 Å². The van der Waals surface area contributed by atoms with E-state index < -0.39 is 0 Å². The molecule has 1 aliphatic heterocycles. The molecule has 1 aliphatic carbocycles. The van der Waals surface area contributed by atoms with Crippen LogP contribution in [-0.4, -0.2) is 18.8 Å². The number of hydrogen-bond acceptors (Lipinski definition) is 2. The summed E-state index contributed by atoms with van der Waals surface area (Å²) in [5.74, 6) is 0.652. The zero-order valence-corrected chi connectivity index (χ0v) is 8.76. The second kappa shape index (κ2) is 3.95. The van der Waals surface area contributed by atoms with Gasteiger partial charge < -0.3 is 9.47 Å². The van der Waals surface area contributed by atoms with E-state index in [2.05, 4.69) is 12.1 Å². The van der Waals surface area contributed by atoms with Crippen molar-refractivity contribution in [2.45, 2.75) is 31.7 Å². The summed E-state index contributed by atoms with van der Waals surface area (Å²) in [7, 11) is 0. The molecule has 0 aromatic heterocycles. The molecular weight excluding hydrogens is 188 g/mol. The highest BCUT2D eigenvalue weighted by atomic mass is 16.6. The quantitative estimate of drug-likeness (QED) is 0.702. The van der Waals surface area contributed by atoms with E-state index in [0.29, 0.717) is 18.1 Å². The molecule has 1 aromatic carbocycles. The van der Waals surface area contributed by atoms with Gasteiger partial charge in [-0.15, -0.1) is 0 Å². The number of benzene rings is 1. The van der Waals surface area contributed by atoms with Crippen LogP contribution in [0, 0.1) is 5.92 Å². The Morgan fingerprint density at radius 2 is 2.07 bits per heavy atom. The van der Waals surface area contributed by atoms with Gasteiger partial charge in [-0.2, -0.15) is 0 Å². The Bertz CT molecular complexity index is 323. The summed E-state index contributed by atoms with van der Waals surface area (Å²) in [4.78, 5) is 0. The molecule has 3 rings (SSSR count). The second-order valence-electron chi connectivity index (χ2n) is 4.48. The Kier molecular flexibility index (Phi) is 2.47. The number of epoxide rings is 1. The van der Waals surface area contributed by atoms with E-state index in [4.69, 9.17) is 9.47 Å². The van der Waals surface area contributed by atoms with E-state index in [1.165, 1.54) is 18.4 Å². The number of ether oxygens (including phenoxy) is 2. The van der Waals surface area contributed by atoms with E-state index in [9.17, 15) is 0 Å². The summed E-state index contributed by atoms with van der Waals surface area (Å²) in [5, 5.41) is 0. The van der Waals surface area contributed by atoms with E-state index in [0.717, 1.165) is 13.2 Å². The molecule has 3 atom stereocenters. The van der Waals surface area contributed by atoms with Crippen LogP contribution in [0.3, 0.4) is 0 Å². The van der Waals surface area contributed by atoms with Crippen LogP contribution >= 0.6 is 0 Å². The molecule has 3 unspecified atom stereocenters. The van der Waals surface area contributed by atoms with E-state index >= 15 is 0 Å². The first kappa shape index (κ1) is 9.37. The Morgan fingerprint density at radius 3 is 2.73 bits per heavy atom. The van der Waals surface area contributed by atoms with Crippen LogP contribution in [0.1, 0.15) is 18.4 Å². The third-order valence-electron chi connectivity index (χ3n) is 3.35. The van der Waals surface area contributed by atoms with Gasteiger partial charge in [0.25, 0.3) is 0 Å². The summed E-state index contributed by atoms with van der Waals surface area (Å²) < 4.78 is 11.2. The third kappa shape index (κ3) is 2.06. The minimum absolute atomic E-state index is 0.528. The summed E-state index contributed by atoms with van der Waals surface area (Å²) in [6.45, 7) is 1.59. The molecule has 0 spiro atoms.